The topological polar surface area (TPSA) is 54.7 Å². The maximum absolute atomic E-state index is 12.8. The summed E-state index contributed by atoms with van der Waals surface area (Å²) in [6.45, 7) is 3.09. The molecular weight excluding hydrogens is 324 g/mol. The van der Waals surface area contributed by atoms with Crippen LogP contribution in [-0.4, -0.2) is 36.1 Å². The quantitative estimate of drug-likeness (QED) is 0.907. The highest BCUT2D eigenvalue weighted by Gasteiger charge is 2.30. The van der Waals surface area contributed by atoms with Gasteiger partial charge in [-0.1, -0.05) is 18.2 Å². The Bertz CT molecular complexity index is 701. The molecule has 0 saturated carbocycles. The Labute approximate surface area is 146 Å². The summed E-state index contributed by atoms with van der Waals surface area (Å²) in [7, 11) is 1.65. The van der Waals surface area contributed by atoms with Gasteiger partial charge in [-0.15, -0.1) is 0 Å². The zero-order chi connectivity index (χ0) is 16.9. The van der Waals surface area contributed by atoms with Crippen LogP contribution in [-0.2, 0) is 11.3 Å². The number of aryl methyl sites for hydroxylation is 1. The summed E-state index contributed by atoms with van der Waals surface area (Å²) >= 11 is 1.84. The number of anilines is 1. The van der Waals surface area contributed by atoms with E-state index in [0.29, 0.717) is 13.2 Å². The maximum Gasteiger partial charge on any atom is 0.322 e. The highest BCUT2D eigenvalue weighted by Crippen LogP contribution is 2.31. The lowest BCUT2D eigenvalue weighted by Crippen LogP contribution is -2.43. The maximum atomic E-state index is 12.8. The number of furan rings is 1. The molecule has 128 valence electrons. The first-order valence-electron chi connectivity index (χ1n) is 7.97. The highest BCUT2D eigenvalue weighted by atomic mass is 32.2. The van der Waals surface area contributed by atoms with E-state index in [1.165, 1.54) is 0 Å². The van der Waals surface area contributed by atoms with Crippen molar-refractivity contribution in [1.82, 2.24) is 4.90 Å². The lowest BCUT2D eigenvalue weighted by atomic mass is 10.2. The number of para-hydroxylation sites is 1. The van der Waals surface area contributed by atoms with Crippen molar-refractivity contribution in [2.45, 2.75) is 19.6 Å². The molecule has 1 saturated heterocycles. The molecule has 24 heavy (non-hydrogen) atoms. The van der Waals surface area contributed by atoms with E-state index >= 15 is 0 Å². The summed E-state index contributed by atoms with van der Waals surface area (Å²) in [4.78, 5) is 14.7. The Morgan fingerprint density at radius 2 is 2.21 bits per heavy atom. The minimum absolute atomic E-state index is 0.0352. The molecule has 0 radical (unpaired) electrons. The Hall–Kier alpha value is -1.92. The van der Waals surface area contributed by atoms with E-state index in [4.69, 9.17) is 9.15 Å². The molecule has 0 unspecified atom stereocenters. The molecule has 1 fully saturated rings. The van der Waals surface area contributed by atoms with Gasteiger partial charge in [0, 0.05) is 36.4 Å². The third-order valence-electron chi connectivity index (χ3n) is 4.04. The van der Waals surface area contributed by atoms with E-state index in [1.807, 2.05) is 60.0 Å². The molecule has 1 aromatic heterocycles. The van der Waals surface area contributed by atoms with E-state index < -0.39 is 0 Å². The summed E-state index contributed by atoms with van der Waals surface area (Å²) in [5.74, 6) is 3.50. The minimum atomic E-state index is -0.0992. The number of rotatable bonds is 4. The zero-order valence-corrected chi connectivity index (χ0v) is 14.8. The fourth-order valence-electron chi connectivity index (χ4n) is 2.83. The Kier molecular flexibility index (Phi) is 5.48. The molecule has 2 amide bonds. The van der Waals surface area contributed by atoms with Gasteiger partial charge in [0.2, 0.25) is 0 Å². The third kappa shape index (κ3) is 3.76. The van der Waals surface area contributed by atoms with Crippen LogP contribution >= 0.6 is 11.8 Å². The van der Waals surface area contributed by atoms with Crippen LogP contribution in [0.25, 0.3) is 0 Å². The largest absolute Gasteiger partial charge is 0.464 e. The first-order valence-corrected chi connectivity index (χ1v) is 9.13. The van der Waals surface area contributed by atoms with Crippen molar-refractivity contribution in [3.8, 4) is 0 Å². The standard InChI is InChI=1S/C18H22N2O3S/c1-13-7-8-17(23-13)16-12-24-10-9-20(16)18(21)19-15-6-4-3-5-14(15)11-22-2/h3-8,16H,9-12H2,1-2H3,(H,19,21)/t16-/m1/s1. The molecule has 1 aliphatic heterocycles. The van der Waals surface area contributed by atoms with Crippen LogP contribution in [0.3, 0.4) is 0 Å². The summed E-state index contributed by atoms with van der Waals surface area (Å²) in [6, 6.07) is 11.5. The molecule has 0 bridgehead atoms. The molecular formula is C18H22N2O3S. The lowest BCUT2D eigenvalue weighted by Gasteiger charge is -2.34. The SMILES string of the molecule is COCc1ccccc1NC(=O)N1CCSC[C@@H]1c1ccc(C)o1. The van der Waals surface area contributed by atoms with E-state index in [-0.39, 0.29) is 12.1 Å². The molecule has 1 aliphatic rings. The molecule has 3 rings (SSSR count). The number of nitrogens with one attached hydrogen (secondary N) is 1. The second-order valence-electron chi connectivity index (χ2n) is 5.75. The number of benzene rings is 1. The van der Waals surface area contributed by atoms with Gasteiger partial charge in [0.05, 0.1) is 6.61 Å². The number of carbonyl (C=O) groups excluding carboxylic acids is 1. The van der Waals surface area contributed by atoms with Crippen molar-refractivity contribution >= 4 is 23.5 Å². The van der Waals surface area contributed by atoms with Gasteiger partial charge in [0.1, 0.15) is 17.6 Å². The highest BCUT2D eigenvalue weighted by molar-refractivity contribution is 7.99. The zero-order valence-electron chi connectivity index (χ0n) is 14.0. The van der Waals surface area contributed by atoms with Crippen LogP contribution in [0.15, 0.2) is 40.8 Å². The number of urea groups is 1. The lowest BCUT2D eigenvalue weighted by molar-refractivity contribution is 0.183. The number of nitrogens with zero attached hydrogens (tertiary/aromatic N) is 1. The number of carbonyl (C=O) groups is 1. The predicted molar refractivity (Wildman–Crippen MR) is 96.4 cm³/mol. The Morgan fingerprint density at radius 1 is 1.38 bits per heavy atom. The second kappa shape index (κ2) is 7.77. The van der Waals surface area contributed by atoms with E-state index in [2.05, 4.69) is 5.32 Å². The number of thioether (sulfide) groups is 1. The number of hydrogen-bond donors (Lipinski definition) is 1. The second-order valence-corrected chi connectivity index (χ2v) is 6.90. The summed E-state index contributed by atoms with van der Waals surface area (Å²) in [5, 5.41) is 3.03. The molecule has 2 heterocycles. The van der Waals surface area contributed by atoms with Crippen molar-refractivity contribution in [3.05, 3.63) is 53.5 Å². The number of methoxy groups -OCH3 is 1. The summed E-state index contributed by atoms with van der Waals surface area (Å²) in [5.41, 5.74) is 1.75. The molecule has 1 N–H and O–H groups in total. The normalized spacial score (nSPS) is 17.8. The van der Waals surface area contributed by atoms with Crippen LogP contribution in [0, 0.1) is 6.92 Å². The van der Waals surface area contributed by atoms with Gasteiger partial charge in [-0.2, -0.15) is 11.8 Å². The molecule has 2 aromatic rings. The van der Waals surface area contributed by atoms with E-state index in [0.717, 1.165) is 34.3 Å². The van der Waals surface area contributed by atoms with Crippen molar-refractivity contribution in [1.29, 1.82) is 0 Å². The Balaban J connectivity index is 1.77. The predicted octanol–water partition coefficient (Wildman–Crippen LogP) is 4.06. The first kappa shape index (κ1) is 16.9. The van der Waals surface area contributed by atoms with Gasteiger partial charge >= 0.3 is 6.03 Å². The molecule has 1 atom stereocenters. The summed E-state index contributed by atoms with van der Waals surface area (Å²) < 4.78 is 11.0. The first-order chi connectivity index (χ1) is 11.7. The van der Waals surface area contributed by atoms with Crippen LogP contribution < -0.4 is 5.32 Å². The van der Waals surface area contributed by atoms with E-state index in [1.54, 1.807) is 7.11 Å². The monoisotopic (exact) mass is 346 g/mol. The molecule has 1 aromatic carbocycles. The van der Waals surface area contributed by atoms with Crippen molar-refractivity contribution in [2.75, 3.05) is 30.5 Å². The average Bonchev–Trinajstić information content (AvgIpc) is 3.03. The average molecular weight is 346 g/mol. The minimum Gasteiger partial charge on any atom is -0.464 e. The van der Waals surface area contributed by atoms with Gasteiger partial charge in [-0.3, -0.25) is 0 Å². The van der Waals surface area contributed by atoms with Crippen molar-refractivity contribution < 1.29 is 13.9 Å². The van der Waals surface area contributed by atoms with Crippen LogP contribution in [0.5, 0.6) is 0 Å². The van der Waals surface area contributed by atoms with Gasteiger partial charge in [0.15, 0.2) is 0 Å². The van der Waals surface area contributed by atoms with Gasteiger partial charge < -0.3 is 19.4 Å². The molecule has 0 spiro atoms. The van der Waals surface area contributed by atoms with Crippen LogP contribution in [0.4, 0.5) is 10.5 Å². The Morgan fingerprint density at radius 3 is 2.96 bits per heavy atom. The van der Waals surface area contributed by atoms with Gasteiger partial charge in [-0.05, 0) is 25.1 Å². The van der Waals surface area contributed by atoms with E-state index in [9.17, 15) is 4.79 Å². The van der Waals surface area contributed by atoms with Gasteiger partial charge in [0.25, 0.3) is 0 Å². The number of hydrogen-bond acceptors (Lipinski definition) is 4. The number of ether oxygens (including phenoxy) is 1. The smallest absolute Gasteiger partial charge is 0.322 e. The third-order valence-corrected chi connectivity index (χ3v) is 5.06. The van der Waals surface area contributed by atoms with Crippen LogP contribution in [0.2, 0.25) is 0 Å². The van der Waals surface area contributed by atoms with Crippen molar-refractivity contribution in [3.63, 3.8) is 0 Å². The fourth-order valence-corrected chi connectivity index (χ4v) is 3.89. The molecule has 6 heteroatoms. The fraction of sp³-hybridized carbons (Fsp3) is 0.389. The summed E-state index contributed by atoms with van der Waals surface area (Å²) in [6.07, 6.45) is 0. The van der Waals surface area contributed by atoms with Gasteiger partial charge in [-0.25, -0.2) is 4.79 Å². The van der Waals surface area contributed by atoms with Crippen molar-refractivity contribution in [2.24, 2.45) is 0 Å². The van der Waals surface area contributed by atoms with Crippen LogP contribution in [0.1, 0.15) is 23.1 Å². The molecule has 0 aliphatic carbocycles. The molecule has 5 nitrogen and oxygen atoms in total. The number of amides is 2.